The molecule has 1 amide bonds. The van der Waals surface area contributed by atoms with Gasteiger partial charge in [-0.3, -0.25) is 4.79 Å². The number of carbonyl (C=O) groups excluding carboxylic acids is 1. The van der Waals surface area contributed by atoms with Crippen molar-refractivity contribution in [3.63, 3.8) is 0 Å². The van der Waals surface area contributed by atoms with Crippen LogP contribution in [0.4, 0.5) is 4.39 Å². The first-order valence-electron chi connectivity index (χ1n) is 5.75. The van der Waals surface area contributed by atoms with Crippen LogP contribution in [-0.2, 0) is 11.2 Å². The third-order valence-corrected chi connectivity index (χ3v) is 2.75. The minimum atomic E-state index is -0.242. The Bertz CT molecular complexity index is 370. The van der Waals surface area contributed by atoms with Crippen LogP contribution < -0.4 is 0 Å². The number of rotatable bonds is 6. The van der Waals surface area contributed by atoms with Crippen LogP contribution in [0.2, 0.25) is 0 Å². The molecule has 94 valence electrons. The van der Waals surface area contributed by atoms with Gasteiger partial charge < -0.3 is 4.90 Å². The van der Waals surface area contributed by atoms with E-state index in [2.05, 4.69) is 0 Å². The molecule has 4 heteroatoms. The van der Waals surface area contributed by atoms with E-state index >= 15 is 0 Å². The second kappa shape index (κ2) is 7.28. The van der Waals surface area contributed by atoms with Crippen molar-refractivity contribution in [3.05, 3.63) is 35.6 Å². The predicted molar refractivity (Wildman–Crippen MR) is 67.7 cm³/mol. The monoisotopic (exact) mass is 257 g/mol. The molecule has 1 aromatic carbocycles. The summed E-state index contributed by atoms with van der Waals surface area (Å²) >= 11 is 5.54. The van der Waals surface area contributed by atoms with Crippen molar-refractivity contribution in [2.75, 3.05) is 19.0 Å². The lowest BCUT2D eigenvalue weighted by Gasteiger charge is -2.21. The molecule has 0 saturated carbocycles. The van der Waals surface area contributed by atoms with Gasteiger partial charge in [0.15, 0.2) is 0 Å². The van der Waals surface area contributed by atoms with Crippen LogP contribution in [0, 0.1) is 5.82 Å². The maximum Gasteiger partial charge on any atom is 0.237 e. The molecule has 1 aromatic rings. The second-order valence-electron chi connectivity index (χ2n) is 3.89. The molecular formula is C13H17ClFNO. The zero-order valence-corrected chi connectivity index (χ0v) is 10.7. The summed E-state index contributed by atoms with van der Waals surface area (Å²) in [7, 11) is 0. The van der Waals surface area contributed by atoms with Crippen LogP contribution >= 0.6 is 11.6 Å². The number of halogens is 2. The summed E-state index contributed by atoms with van der Waals surface area (Å²) in [5.74, 6) is -0.304. The van der Waals surface area contributed by atoms with Crippen molar-refractivity contribution in [3.8, 4) is 0 Å². The number of carbonyl (C=O) groups is 1. The fourth-order valence-corrected chi connectivity index (χ4v) is 1.84. The highest BCUT2D eigenvalue weighted by atomic mass is 35.5. The van der Waals surface area contributed by atoms with E-state index in [9.17, 15) is 9.18 Å². The maximum atomic E-state index is 13.0. The van der Waals surface area contributed by atoms with Gasteiger partial charge in [-0.05, 0) is 30.5 Å². The van der Waals surface area contributed by atoms with Crippen molar-refractivity contribution in [1.29, 1.82) is 0 Å². The predicted octanol–water partition coefficient (Wildman–Crippen LogP) is 2.85. The number of hydrogen-bond acceptors (Lipinski definition) is 1. The molecule has 0 aromatic heterocycles. The molecule has 0 fully saturated rings. The number of hydrogen-bond donors (Lipinski definition) is 0. The Kier molecular flexibility index (Phi) is 5.98. The average molecular weight is 258 g/mol. The van der Waals surface area contributed by atoms with Crippen LogP contribution in [0.25, 0.3) is 0 Å². The van der Waals surface area contributed by atoms with Crippen LogP contribution in [0.15, 0.2) is 24.3 Å². The van der Waals surface area contributed by atoms with E-state index in [0.29, 0.717) is 19.5 Å². The lowest BCUT2D eigenvalue weighted by molar-refractivity contribution is -0.128. The van der Waals surface area contributed by atoms with E-state index in [1.807, 2.05) is 13.0 Å². The first kappa shape index (κ1) is 14.0. The lowest BCUT2D eigenvalue weighted by Crippen LogP contribution is -2.34. The first-order valence-corrected chi connectivity index (χ1v) is 6.29. The van der Waals surface area contributed by atoms with E-state index in [0.717, 1.165) is 12.0 Å². The lowest BCUT2D eigenvalue weighted by atomic mass is 10.1. The van der Waals surface area contributed by atoms with Gasteiger partial charge in [0.2, 0.25) is 5.91 Å². The van der Waals surface area contributed by atoms with E-state index < -0.39 is 0 Å². The molecule has 0 saturated heterocycles. The van der Waals surface area contributed by atoms with Crippen LogP contribution in [-0.4, -0.2) is 29.8 Å². The smallest absolute Gasteiger partial charge is 0.237 e. The molecule has 0 N–H and O–H groups in total. The van der Waals surface area contributed by atoms with Gasteiger partial charge in [-0.1, -0.05) is 19.1 Å². The molecule has 0 aliphatic heterocycles. The van der Waals surface area contributed by atoms with Gasteiger partial charge in [0.25, 0.3) is 0 Å². The molecular weight excluding hydrogens is 241 g/mol. The molecule has 0 unspecified atom stereocenters. The van der Waals surface area contributed by atoms with Gasteiger partial charge in [-0.2, -0.15) is 0 Å². The van der Waals surface area contributed by atoms with Gasteiger partial charge in [0.1, 0.15) is 11.7 Å². The zero-order valence-electron chi connectivity index (χ0n) is 9.96. The van der Waals surface area contributed by atoms with Gasteiger partial charge >= 0.3 is 0 Å². The topological polar surface area (TPSA) is 20.3 Å². The van der Waals surface area contributed by atoms with Gasteiger partial charge in [-0.25, -0.2) is 4.39 Å². The third kappa shape index (κ3) is 4.73. The van der Waals surface area contributed by atoms with Crippen LogP contribution in [0.1, 0.15) is 18.9 Å². The largest absolute Gasteiger partial charge is 0.341 e. The standard InChI is InChI=1S/C13H17ClFNO/c1-2-7-16(13(17)10-14)8-6-11-4-3-5-12(15)9-11/h3-5,9H,2,6-8,10H2,1H3. The van der Waals surface area contributed by atoms with Gasteiger partial charge in [0.05, 0.1) is 0 Å². The second-order valence-corrected chi connectivity index (χ2v) is 4.16. The van der Waals surface area contributed by atoms with Crippen molar-refractivity contribution >= 4 is 17.5 Å². The summed E-state index contributed by atoms with van der Waals surface area (Å²) in [4.78, 5) is 13.2. The highest BCUT2D eigenvalue weighted by molar-refractivity contribution is 6.27. The first-order chi connectivity index (χ1) is 8.17. The number of amides is 1. The molecule has 17 heavy (non-hydrogen) atoms. The maximum absolute atomic E-state index is 13.0. The molecule has 0 bridgehead atoms. The molecule has 0 aliphatic rings. The van der Waals surface area contributed by atoms with E-state index in [-0.39, 0.29) is 17.6 Å². The fourth-order valence-electron chi connectivity index (χ4n) is 1.67. The summed E-state index contributed by atoms with van der Waals surface area (Å²) < 4.78 is 13.0. The van der Waals surface area contributed by atoms with Crippen molar-refractivity contribution < 1.29 is 9.18 Å². The summed E-state index contributed by atoms with van der Waals surface area (Å²) in [6, 6.07) is 6.45. The summed E-state index contributed by atoms with van der Waals surface area (Å²) in [6.07, 6.45) is 1.55. The summed E-state index contributed by atoms with van der Waals surface area (Å²) in [5, 5.41) is 0. The van der Waals surface area contributed by atoms with Crippen molar-refractivity contribution in [1.82, 2.24) is 4.90 Å². The fraction of sp³-hybridized carbons (Fsp3) is 0.462. The van der Waals surface area contributed by atoms with Crippen LogP contribution in [0.3, 0.4) is 0 Å². The zero-order chi connectivity index (χ0) is 12.7. The summed E-state index contributed by atoms with van der Waals surface area (Å²) in [5.41, 5.74) is 0.897. The molecule has 0 aliphatic carbocycles. The normalized spacial score (nSPS) is 10.3. The van der Waals surface area contributed by atoms with E-state index in [1.165, 1.54) is 12.1 Å². The minimum absolute atomic E-state index is 0.00313. The minimum Gasteiger partial charge on any atom is -0.341 e. The van der Waals surface area contributed by atoms with Crippen LogP contribution in [0.5, 0.6) is 0 Å². The Morgan fingerprint density at radius 2 is 2.18 bits per heavy atom. The number of benzene rings is 1. The number of nitrogens with zero attached hydrogens (tertiary/aromatic N) is 1. The Morgan fingerprint density at radius 3 is 2.76 bits per heavy atom. The molecule has 0 atom stereocenters. The molecule has 0 spiro atoms. The Morgan fingerprint density at radius 1 is 1.41 bits per heavy atom. The SMILES string of the molecule is CCCN(CCc1cccc(F)c1)C(=O)CCl. The Hall–Kier alpha value is -1.09. The summed E-state index contributed by atoms with van der Waals surface area (Å²) in [6.45, 7) is 3.29. The molecule has 2 nitrogen and oxygen atoms in total. The number of alkyl halides is 1. The molecule has 1 rings (SSSR count). The molecule has 0 radical (unpaired) electrons. The Labute approximate surface area is 106 Å². The Balaban J connectivity index is 2.54. The third-order valence-electron chi connectivity index (χ3n) is 2.52. The van der Waals surface area contributed by atoms with Gasteiger partial charge in [0, 0.05) is 13.1 Å². The highest BCUT2D eigenvalue weighted by Gasteiger charge is 2.10. The van der Waals surface area contributed by atoms with E-state index in [4.69, 9.17) is 11.6 Å². The van der Waals surface area contributed by atoms with Crippen molar-refractivity contribution in [2.24, 2.45) is 0 Å². The average Bonchev–Trinajstić information content (AvgIpc) is 2.33. The quantitative estimate of drug-likeness (QED) is 0.718. The van der Waals surface area contributed by atoms with Crippen molar-refractivity contribution in [2.45, 2.75) is 19.8 Å². The highest BCUT2D eigenvalue weighted by Crippen LogP contribution is 2.06. The van der Waals surface area contributed by atoms with E-state index in [1.54, 1.807) is 11.0 Å². The molecule has 0 heterocycles. The van der Waals surface area contributed by atoms with Gasteiger partial charge in [-0.15, -0.1) is 11.6 Å².